The number of esters is 1. The Morgan fingerprint density at radius 1 is 1.25 bits per heavy atom. The molecule has 6 heteroatoms. The third-order valence-corrected chi connectivity index (χ3v) is 2.92. The van der Waals surface area contributed by atoms with Crippen LogP contribution in [0.4, 0.5) is 0 Å². The van der Waals surface area contributed by atoms with Gasteiger partial charge >= 0.3 is 5.97 Å². The molecule has 0 spiro atoms. The lowest BCUT2D eigenvalue weighted by Gasteiger charge is -2.04. The second-order valence-electron chi connectivity index (χ2n) is 4.20. The first-order valence-corrected chi connectivity index (χ1v) is 6.15. The van der Waals surface area contributed by atoms with Gasteiger partial charge in [-0.25, -0.2) is 9.78 Å². The summed E-state index contributed by atoms with van der Waals surface area (Å²) in [5.74, 6) is 0.794. The summed E-state index contributed by atoms with van der Waals surface area (Å²) in [7, 11) is 1.32. The lowest BCUT2D eigenvalue weighted by molar-refractivity contribution is -0.0585. The number of aromatic nitrogens is 1. The van der Waals surface area contributed by atoms with Gasteiger partial charge in [0.25, 0.3) is 0 Å². The highest BCUT2D eigenvalue weighted by Crippen LogP contribution is 2.29. The van der Waals surface area contributed by atoms with Crippen LogP contribution < -0.4 is 0 Å². The zero-order valence-electron chi connectivity index (χ0n) is 10.9. The summed E-state index contributed by atoms with van der Waals surface area (Å²) < 4.78 is 21.0. The number of rotatable bonds is 3. The molecule has 0 aromatic carbocycles. The Morgan fingerprint density at radius 2 is 2.05 bits per heavy atom. The van der Waals surface area contributed by atoms with E-state index in [4.69, 9.17) is 13.9 Å². The lowest BCUT2D eigenvalue weighted by Crippen LogP contribution is -2.03. The molecule has 0 atom stereocenters. The molecule has 0 N–H and O–H groups in total. The van der Waals surface area contributed by atoms with E-state index in [1.165, 1.54) is 7.11 Å². The SMILES string of the molecule is COC(=O)c1ccc(-c2ccc(C3OCCO3)o2)cn1. The minimum absolute atomic E-state index is 0.255. The van der Waals surface area contributed by atoms with Crippen molar-refractivity contribution in [1.82, 2.24) is 4.98 Å². The number of nitrogens with zero attached hydrogens (tertiary/aromatic N) is 1. The highest BCUT2D eigenvalue weighted by atomic mass is 16.7. The van der Waals surface area contributed by atoms with Crippen LogP contribution in [0.5, 0.6) is 0 Å². The van der Waals surface area contributed by atoms with Gasteiger partial charge in [-0.3, -0.25) is 0 Å². The molecule has 0 bridgehead atoms. The van der Waals surface area contributed by atoms with E-state index in [1.807, 2.05) is 6.07 Å². The highest BCUT2D eigenvalue weighted by molar-refractivity contribution is 5.87. The molecule has 1 aliphatic rings. The van der Waals surface area contributed by atoms with E-state index in [0.29, 0.717) is 24.7 Å². The van der Waals surface area contributed by atoms with Crippen molar-refractivity contribution in [2.75, 3.05) is 20.3 Å². The molecule has 1 fully saturated rings. The molecule has 0 radical (unpaired) electrons. The van der Waals surface area contributed by atoms with Gasteiger partial charge in [-0.15, -0.1) is 0 Å². The van der Waals surface area contributed by atoms with E-state index in [-0.39, 0.29) is 5.69 Å². The summed E-state index contributed by atoms with van der Waals surface area (Å²) in [6.45, 7) is 1.13. The standard InChI is InChI=1S/C14H13NO5/c1-17-13(16)10-3-2-9(8-15-10)11-4-5-12(20-11)14-18-6-7-19-14/h2-5,8,14H,6-7H2,1H3. The van der Waals surface area contributed by atoms with Crippen LogP contribution in [-0.2, 0) is 14.2 Å². The van der Waals surface area contributed by atoms with Crippen LogP contribution in [0.1, 0.15) is 22.5 Å². The third-order valence-electron chi connectivity index (χ3n) is 2.92. The number of carbonyl (C=O) groups is 1. The fourth-order valence-corrected chi connectivity index (χ4v) is 1.92. The molecule has 104 valence electrons. The van der Waals surface area contributed by atoms with Crippen LogP contribution in [0.3, 0.4) is 0 Å². The van der Waals surface area contributed by atoms with Crippen molar-refractivity contribution in [3.8, 4) is 11.3 Å². The van der Waals surface area contributed by atoms with Crippen molar-refractivity contribution >= 4 is 5.97 Å². The number of hydrogen-bond donors (Lipinski definition) is 0. The zero-order valence-corrected chi connectivity index (χ0v) is 10.9. The number of ether oxygens (including phenoxy) is 3. The molecule has 0 unspecified atom stereocenters. The van der Waals surface area contributed by atoms with E-state index in [0.717, 1.165) is 5.56 Å². The Bertz CT molecular complexity index is 598. The number of methoxy groups -OCH3 is 1. The molecule has 3 heterocycles. The molecule has 0 aliphatic carbocycles. The van der Waals surface area contributed by atoms with E-state index in [9.17, 15) is 4.79 Å². The molecule has 20 heavy (non-hydrogen) atoms. The van der Waals surface area contributed by atoms with Gasteiger partial charge in [0.2, 0.25) is 6.29 Å². The zero-order chi connectivity index (χ0) is 13.9. The fraction of sp³-hybridized carbons (Fsp3) is 0.286. The van der Waals surface area contributed by atoms with E-state index in [1.54, 1.807) is 24.4 Å². The highest BCUT2D eigenvalue weighted by Gasteiger charge is 2.22. The van der Waals surface area contributed by atoms with Gasteiger partial charge < -0.3 is 18.6 Å². The Hall–Kier alpha value is -2.18. The largest absolute Gasteiger partial charge is 0.464 e. The maximum Gasteiger partial charge on any atom is 0.356 e. The van der Waals surface area contributed by atoms with Crippen molar-refractivity contribution in [3.05, 3.63) is 41.9 Å². The van der Waals surface area contributed by atoms with Crippen molar-refractivity contribution < 1.29 is 23.4 Å². The second-order valence-corrected chi connectivity index (χ2v) is 4.20. The van der Waals surface area contributed by atoms with Gasteiger partial charge in [0.1, 0.15) is 11.5 Å². The lowest BCUT2D eigenvalue weighted by atomic mass is 10.2. The maximum absolute atomic E-state index is 11.3. The van der Waals surface area contributed by atoms with Gasteiger partial charge in [0.15, 0.2) is 5.76 Å². The van der Waals surface area contributed by atoms with Gasteiger partial charge in [-0.1, -0.05) is 0 Å². The van der Waals surface area contributed by atoms with E-state index < -0.39 is 12.3 Å². The van der Waals surface area contributed by atoms with Gasteiger partial charge in [0, 0.05) is 11.8 Å². The van der Waals surface area contributed by atoms with Gasteiger partial charge in [0.05, 0.1) is 20.3 Å². The number of furan rings is 1. The molecule has 1 aliphatic heterocycles. The average molecular weight is 275 g/mol. The maximum atomic E-state index is 11.3. The van der Waals surface area contributed by atoms with Crippen LogP contribution in [0, 0.1) is 0 Å². The number of hydrogen-bond acceptors (Lipinski definition) is 6. The molecular formula is C14H13NO5. The molecule has 2 aromatic rings. The Kier molecular flexibility index (Phi) is 3.49. The first-order chi connectivity index (χ1) is 9.78. The molecule has 0 amide bonds. The first kappa shape index (κ1) is 12.8. The van der Waals surface area contributed by atoms with Gasteiger partial charge in [-0.2, -0.15) is 0 Å². The second kappa shape index (κ2) is 5.44. The smallest absolute Gasteiger partial charge is 0.356 e. The molecule has 1 saturated heterocycles. The normalized spacial score (nSPS) is 15.4. The monoisotopic (exact) mass is 275 g/mol. The molecular weight excluding hydrogens is 262 g/mol. The minimum Gasteiger partial charge on any atom is -0.464 e. The van der Waals surface area contributed by atoms with Gasteiger partial charge in [-0.05, 0) is 24.3 Å². The van der Waals surface area contributed by atoms with Crippen molar-refractivity contribution in [3.63, 3.8) is 0 Å². The van der Waals surface area contributed by atoms with Crippen LogP contribution in [0.2, 0.25) is 0 Å². The summed E-state index contributed by atoms with van der Waals surface area (Å²) >= 11 is 0. The summed E-state index contributed by atoms with van der Waals surface area (Å²) in [5.41, 5.74) is 1.02. The fourth-order valence-electron chi connectivity index (χ4n) is 1.92. The van der Waals surface area contributed by atoms with E-state index in [2.05, 4.69) is 9.72 Å². The first-order valence-electron chi connectivity index (χ1n) is 6.15. The Labute approximate surface area is 115 Å². The predicted octanol–water partition coefficient (Wildman–Crippen LogP) is 2.17. The number of pyridine rings is 1. The Morgan fingerprint density at radius 3 is 2.70 bits per heavy atom. The minimum atomic E-state index is -0.468. The summed E-state index contributed by atoms with van der Waals surface area (Å²) in [5, 5.41) is 0. The molecule has 0 saturated carbocycles. The third kappa shape index (κ3) is 2.43. The average Bonchev–Trinajstić information content (AvgIpc) is 3.17. The van der Waals surface area contributed by atoms with Crippen molar-refractivity contribution in [2.45, 2.75) is 6.29 Å². The van der Waals surface area contributed by atoms with E-state index >= 15 is 0 Å². The van der Waals surface area contributed by atoms with Crippen molar-refractivity contribution in [1.29, 1.82) is 0 Å². The van der Waals surface area contributed by atoms with Crippen LogP contribution in [0.15, 0.2) is 34.9 Å². The van der Waals surface area contributed by atoms with Crippen LogP contribution in [-0.4, -0.2) is 31.3 Å². The van der Waals surface area contributed by atoms with Crippen molar-refractivity contribution in [2.24, 2.45) is 0 Å². The quantitative estimate of drug-likeness (QED) is 0.799. The summed E-state index contributed by atoms with van der Waals surface area (Å²) in [6.07, 6.45) is 1.12. The Balaban J connectivity index is 1.80. The summed E-state index contributed by atoms with van der Waals surface area (Å²) in [4.78, 5) is 15.3. The predicted molar refractivity (Wildman–Crippen MR) is 67.9 cm³/mol. The summed E-state index contributed by atoms with van der Waals surface area (Å²) in [6, 6.07) is 6.96. The molecule has 6 nitrogen and oxygen atoms in total. The van der Waals surface area contributed by atoms with Crippen LogP contribution >= 0.6 is 0 Å². The molecule has 3 rings (SSSR count). The topological polar surface area (TPSA) is 70.8 Å². The number of carbonyl (C=O) groups excluding carboxylic acids is 1. The van der Waals surface area contributed by atoms with Crippen LogP contribution in [0.25, 0.3) is 11.3 Å². The molecule has 2 aromatic heterocycles.